The monoisotopic (exact) mass is 325 g/mol. The minimum absolute atomic E-state index is 0.0156. The lowest BCUT2D eigenvalue weighted by Crippen LogP contribution is -2.27. The Morgan fingerprint density at radius 3 is 2.71 bits per heavy atom. The van der Waals surface area contributed by atoms with Gasteiger partial charge in [-0.1, -0.05) is 12.1 Å². The smallest absolute Gasteiger partial charge is 0.310 e. The molecule has 2 heterocycles. The maximum Gasteiger partial charge on any atom is 0.310 e. The van der Waals surface area contributed by atoms with Crippen LogP contribution < -0.4 is 5.49 Å². The van der Waals surface area contributed by atoms with E-state index >= 15 is 0 Å². The Bertz CT molecular complexity index is 956. The van der Waals surface area contributed by atoms with Crippen molar-refractivity contribution >= 4 is 23.0 Å². The van der Waals surface area contributed by atoms with E-state index in [1.807, 2.05) is 0 Å². The van der Waals surface area contributed by atoms with Crippen molar-refractivity contribution in [2.24, 2.45) is 0 Å². The van der Waals surface area contributed by atoms with E-state index in [0.717, 1.165) is 10.1 Å². The average Bonchev–Trinajstić information content (AvgIpc) is 3.05. The Morgan fingerprint density at radius 2 is 2.00 bits per heavy atom. The minimum atomic E-state index is -0.383. The van der Waals surface area contributed by atoms with Crippen molar-refractivity contribution in [1.29, 1.82) is 5.41 Å². The first kappa shape index (κ1) is 15.6. The molecule has 0 fully saturated rings. The van der Waals surface area contributed by atoms with Gasteiger partial charge in [0.05, 0.1) is 19.4 Å². The summed E-state index contributed by atoms with van der Waals surface area (Å²) in [5.74, 6) is -0.694. The SMILES string of the molecule is CCOC(=O)Cc1ccc(C(=O)n2cnc3nc[nH]c3c2=N)cc1. The number of esters is 1. The van der Waals surface area contributed by atoms with Gasteiger partial charge in [-0.3, -0.25) is 15.0 Å². The molecule has 0 saturated carbocycles. The van der Waals surface area contributed by atoms with Crippen LogP contribution in [0, 0.1) is 5.41 Å². The van der Waals surface area contributed by atoms with Gasteiger partial charge in [-0.05, 0) is 24.6 Å². The molecule has 0 bridgehead atoms. The fourth-order valence-corrected chi connectivity index (χ4v) is 2.29. The summed E-state index contributed by atoms with van der Waals surface area (Å²) in [5, 5.41) is 8.09. The van der Waals surface area contributed by atoms with Crippen LogP contribution in [0.2, 0.25) is 0 Å². The molecule has 2 N–H and O–H groups in total. The van der Waals surface area contributed by atoms with Gasteiger partial charge in [0.1, 0.15) is 11.8 Å². The van der Waals surface area contributed by atoms with Gasteiger partial charge in [0.15, 0.2) is 11.1 Å². The van der Waals surface area contributed by atoms with E-state index in [9.17, 15) is 9.59 Å². The molecule has 0 atom stereocenters. The molecular formula is C16H15N5O3. The van der Waals surface area contributed by atoms with Crippen molar-refractivity contribution in [1.82, 2.24) is 19.5 Å². The van der Waals surface area contributed by atoms with E-state index in [0.29, 0.717) is 23.3 Å². The number of aromatic amines is 1. The van der Waals surface area contributed by atoms with Gasteiger partial charge in [-0.25, -0.2) is 14.5 Å². The lowest BCUT2D eigenvalue weighted by atomic mass is 10.1. The first-order chi connectivity index (χ1) is 11.6. The van der Waals surface area contributed by atoms with E-state index in [-0.39, 0.29) is 23.8 Å². The molecule has 3 rings (SSSR count). The molecule has 0 amide bonds. The van der Waals surface area contributed by atoms with E-state index < -0.39 is 0 Å². The third kappa shape index (κ3) is 2.94. The van der Waals surface area contributed by atoms with Crippen LogP contribution in [0.1, 0.15) is 22.8 Å². The predicted molar refractivity (Wildman–Crippen MR) is 84.2 cm³/mol. The predicted octanol–water partition coefficient (Wildman–Crippen LogP) is 1.03. The maximum atomic E-state index is 12.5. The van der Waals surface area contributed by atoms with Gasteiger partial charge in [0, 0.05) is 5.56 Å². The molecule has 8 heteroatoms. The summed E-state index contributed by atoms with van der Waals surface area (Å²) in [4.78, 5) is 34.8. The summed E-state index contributed by atoms with van der Waals surface area (Å²) in [5.41, 5.74) is 1.90. The Morgan fingerprint density at radius 1 is 1.25 bits per heavy atom. The third-order valence-electron chi connectivity index (χ3n) is 3.47. The largest absolute Gasteiger partial charge is 0.466 e. The number of nitrogens with one attached hydrogen (secondary N) is 2. The normalized spacial score (nSPS) is 10.7. The highest BCUT2D eigenvalue weighted by Gasteiger charge is 2.13. The lowest BCUT2D eigenvalue weighted by molar-refractivity contribution is -0.142. The quantitative estimate of drug-likeness (QED) is 0.696. The minimum Gasteiger partial charge on any atom is -0.466 e. The van der Waals surface area contributed by atoms with Crippen LogP contribution in [0.5, 0.6) is 0 Å². The summed E-state index contributed by atoms with van der Waals surface area (Å²) >= 11 is 0. The molecule has 0 unspecified atom stereocenters. The van der Waals surface area contributed by atoms with Gasteiger partial charge in [0.25, 0.3) is 5.91 Å². The molecule has 122 valence electrons. The molecule has 3 aromatic rings. The maximum absolute atomic E-state index is 12.5. The van der Waals surface area contributed by atoms with Crippen LogP contribution >= 0.6 is 0 Å². The van der Waals surface area contributed by atoms with Crippen LogP contribution in [-0.4, -0.2) is 38.0 Å². The van der Waals surface area contributed by atoms with Crippen molar-refractivity contribution in [3.8, 4) is 0 Å². The number of rotatable bonds is 4. The Hall–Kier alpha value is -3.29. The van der Waals surface area contributed by atoms with Crippen molar-refractivity contribution in [3.05, 3.63) is 53.5 Å². The van der Waals surface area contributed by atoms with Gasteiger partial charge >= 0.3 is 5.97 Å². The number of imidazole rings is 1. The molecular weight excluding hydrogens is 310 g/mol. The lowest BCUT2D eigenvalue weighted by Gasteiger charge is -2.06. The molecule has 0 radical (unpaired) electrons. The number of carbonyl (C=O) groups excluding carboxylic acids is 2. The average molecular weight is 325 g/mol. The molecule has 0 aliphatic carbocycles. The van der Waals surface area contributed by atoms with E-state index in [2.05, 4.69) is 15.0 Å². The van der Waals surface area contributed by atoms with Crippen LogP contribution in [0.4, 0.5) is 0 Å². The van der Waals surface area contributed by atoms with Crippen molar-refractivity contribution in [3.63, 3.8) is 0 Å². The number of hydrogen-bond acceptors (Lipinski definition) is 6. The molecule has 0 aliphatic heterocycles. The number of carbonyl (C=O) groups is 2. The molecule has 1 aromatic carbocycles. The fourth-order valence-electron chi connectivity index (χ4n) is 2.29. The molecule has 2 aromatic heterocycles. The Kier molecular flexibility index (Phi) is 4.19. The van der Waals surface area contributed by atoms with E-state index in [4.69, 9.17) is 10.1 Å². The first-order valence-electron chi connectivity index (χ1n) is 7.34. The van der Waals surface area contributed by atoms with Crippen molar-refractivity contribution in [2.45, 2.75) is 13.3 Å². The molecule has 0 spiro atoms. The molecule has 0 aliphatic rings. The van der Waals surface area contributed by atoms with Crippen LogP contribution in [0.3, 0.4) is 0 Å². The second kappa shape index (κ2) is 6.45. The van der Waals surface area contributed by atoms with Gasteiger partial charge in [0.2, 0.25) is 0 Å². The Labute approximate surface area is 136 Å². The molecule has 24 heavy (non-hydrogen) atoms. The highest BCUT2D eigenvalue weighted by atomic mass is 16.5. The number of nitrogens with zero attached hydrogens (tertiary/aromatic N) is 3. The van der Waals surface area contributed by atoms with E-state index in [1.54, 1.807) is 31.2 Å². The summed E-state index contributed by atoms with van der Waals surface area (Å²) < 4.78 is 6.03. The number of fused-ring (bicyclic) bond motifs is 1. The van der Waals surface area contributed by atoms with Crippen LogP contribution in [0.25, 0.3) is 11.2 Å². The highest BCUT2D eigenvalue weighted by molar-refractivity contribution is 5.96. The Balaban J connectivity index is 1.85. The standard InChI is InChI=1S/C16H15N5O3/c1-2-24-12(22)7-10-3-5-11(6-4-10)16(23)21-9-20-15-13(14(21)17)18-8-19-15/h3-6,8-9,17H,2,7H2,1H3,(H,18,19). The zero-order valence-corrected chi connectivity index (χ0v) is 12.9. The van der Waals surface area contributed by atoms with Crippen molar-refractivity contribution < 1.29 is 14.3 Å². The molecule has 8 nitrogen and oxygen atoms in total. The topological polar surface area (TPSA) is 114 Å². The number of benzene rings is 1. The van der Waals surface area contributed by atoms with E-state index in [1.165, 1.54) is 12.7 Å². The molecule has 0 saturated heterocycles. The highest BCUT2D eigenvalue weighted by Crippen LogP contribution is 2.08. The van der Waals surface area contributed by atoms with Gasteiger partial charge in [-0.15, -0.1) is 0 Å². The zero-order chi connectivity index (χ0) is 17.1. The second-order valence-corrected chi connectivity index (χ2v) is 5.05. The summed E-state index contributed by atoms with van der Waals surface area (Å²) in [7, 11) is 0. The second-order valence-electron chi connectivity index (χ2n) is 5.05. The number of aromatic nitrogens is 4. The van der Waals surface area contributed by atoms with Crippen LogP contribution in [0.15, 0.2) is 36.9 Å². The van der Waals surface area contributed by atoms with Crippen LogP contribution in [-0.2, 0) is 16.0 Å². The van der Waals surface area contributed by atoms with Gasteiger partial charge in [-0.2, -0.15) is 0 Å². The summed E-state index contributed by atoms with van der Waals surface area (Å²) in [6.45, 7) is 2.08. The van der Waals surface area contributed by atoms with Crippen molar-refractivity contribution in [2.75, 3.05) is 6.61 Å². The zero-order valence-electron chi connectivity index (χ0n) is 12.9. The number of ether oxygens (including phenoxy) is 1. The summed E-state index contributed by atoms with van der Waals surface area (Å²) in [6, 6.07) is 6.61. The third-order valence-corrected chi connectivity index (χ3v) is 3.47. The number of H-pyrrole nitrogens is 1. The fraction of sp³-hybridized carbons (Fsp3) is 0.188. The first-order valence-corrected chi connectivity index (χ1v) is 7.34. The number of hydrogen-bond donors (Lipinski definition) is 2. The van der Waals surface area contributed by atoms with Gasteiger partial charge < -0.3 is 9.72 Å². The summed E-state index contributed by atoms with van der Waals surface area (Å²) in [6.07, 6.45) is 2.86.